The van der Waals surface area contributed by atoms with E-state index in [0.717, 1.165) is 16.7 Å². The predicted molar refractivity (Wildman–Crippen MR) is 39.6 cm³/mol. The Morgan fingerprint density at radius 3 is 2.60 bits per heavy atom. The van der Waals surface area contributed by atoms with Crippen LogP contribution in [0.5, 0.6) is 0 Å². The molecule has 54 valence electrons. The standard InChI is InChI=1S/C8H11NO/c1-6-3-9-4-8(5-10)7(6)2/h3-4,10H,5H2,1-2H3. The van der Waals surface area contributed by atoms with Crippen molar-refractivity contribution in [1.29, 1.82) is 0 Å². The molecule has 0 aliphatic rings. The molecule has 0 aliphatic carbocycles. The normalized spacial score (nSPS) is 9.90. The summed E-state index contributed by atoms with van der Waals surface area (Å²) in [6.07, 6.45) is 3.50. The van der Waals surface area contributed by atoms with Crippen LogP contribution in [0, 0.1) is 13.8 Å². The Morgan fingerprint density at radius 1 is 1.40 bits per heavy atom. The molecule has 0 aliphatic heterocycles. The van der Waals surface area contributed by atoms with Crippen molar-refractivity contribution in [1.82, 2.24) is 4.98 Å². The highest BCUT2D eigenvalue weighted by Gasteiger charge is 1.97. The lowest BCUT2D eigenvalue weighted by atomic mass is 10.1. The van der Waals surface area contributed by atoms with E-state index in [1.807, 2.05) is 13.8 Å². The number of nitrogens with zero attached hydrogens (tertiary/aromatic N) is 1. The van der Waals surface area contributed by atoms with Crippen molar-refractivity contribution in [2.75, 3.05) is 0 Å². The number of aromatic nitrogens is 1. The third-order valence-electron chi connectivity index (χ3n) is 1.74. The number of pyridine rings is 1. The minimum absolute atomic E-state index is 0.0838. The van der Waals surface area contributed by atoms with Crippen LogP contribution in [0.1, 0.15) is 16.7 Å². The second-order valence-electron chi connectivity index (χ2n) is 2.40. The average Bonchev–Trinajstić information content (AvgIpc) is 1.95. The molecule has 0 radical (unpaired) electrons. The van der Waals surface area contributed by atoms with Gasteiger partial charge < -0.3 is 5.11 Å². The molecule has 2 nitrogen and oxygen atoms in total. The zero-order chi connectivity index (χ0) is 7.56. The van der Waals surface area contributed by atoms with E-state index in [1.165, 1.54) is 0 Å². The van der Waals surface area contributed by atoms with Gasteiger partial charge in [-0.15, -0.1) is 0 Å². The lowest BCUT2D eigenvalue weighted by molar-refractivity contribution is 0.280. The van der Waals surface area contributed by atoms with Gasteiger partial charge in [0.25, 0.3) is 0 Å². The topological polar surface area (TPSA) is 33.1 Å². The van der Waals surface area contributed by atoms with Crippen LogP contribution in [-0.4, -0.2) is 10.1 Å². The molecule has 0 aromatic carbocycles. The summed E-state index contributed by atoms with van der Waals surface area (Å²) in [4.78, 5) is 3.96. The molecule has 0 amide bonds. The van der Waals surface area contributed by atoms with Crippen LogP contribution in [-0.2, 0) is 6.61 Å². The first-order valence-electron chi connectivity index (χ1n) is 3.26. The van der Waals surface area contributed by atoms with Gasteiger partial charge in [-0.1, -0.05) is 0 Å². The molecule has 1 heterocycles. The average molecular weight is 137 g/mol. The summed E-state index contributed by atoms with van der Waals surface area (Å²) >= 11 is 0. The Bertz CT molecular complexity index is 233. The van der Waals surface area contributed by atoms with Gasteiger partial charge in [0.1, 0.15) is 0 Å². The summed E-state index contributed by atoms with van der Waals surface area (Å²) in [5, 5.41) is 8.80. The maximum atomic E-state index is 8.80. The molecule has 0 saturated heterocycles. The van der Waals surface area contributed by atoms with Crippen LogP contribution in [0.2, 0.25) is 0 Å². The van der Waals surface area contributed by atoms with E-state index in [-0.39, 0.29) is 6.61 Å². The summed E-state index contributed by atoms with van der Waals surface area (Å²) in [7, 11) is 0. The number of aliphatic hydroxyl groups excluding tert-OH is 1. The third-order valence-corrected chi connectivity index (χ3v) is 1.74. The molecule has 0 unspecified atom stereocenters. The van der Waals surface area contributed by atoms with E-state index in [9.17, 15) is 0 Å². The predicted octanol–water partition coefficient (Wildman–Crippen LogP) is 1.19. The highest BCUT2D eigenvalue weighted by atomic mass is 16.3. The van der Waals surface area contributed by atoms with Gasteiger partial charge in [-0.2, -0.15) is 0 Å². The summed E-state index contributed by atoms with van der Waals surface area (Å²) in [6.45, 7) is 4.06. The van der Waals surface area contributed by atoms with Gasteiger partial charge in [-0.05, 0) is 30.5 Å². The Kier molecular flexibility index (Phi) is 2.02. The zero-order valence-corrected chi connectivity index (χ0v) is 6.26. The fourth-order valence-electron chi connectivity index (χ4n) is 0.845. The molecule has 0 atom stereocenters. The first-order valence-corrected chi connectivity index (χ1v) is 3.26. The van der Waals surface area contributed by atoms with Crippen molar-refractivity contribution in [2.45, 2.75) is 20.5 Å². The number of rotatable bonds is 1. The largest absolute Gasteiger partial charge is 0.392 e. The minimum atomic E-state index is 0.0838. The molecule has 10 heavy (non-hydrogen) atoms. The Balaban J connectivity index is 3.14. The highest BCUT2D eigenvalue weighted by molar-refractivity contribution is 5.28. The van der Waals surface area contributed by atoms with Crippen LogP contribution in [0.25, 0.3) is 0 Å². The van der Waals surface area contributed by atoms with Crippen molar-refractivity contribution >= 4 is 0 Å². The van der Waals surface area contributed by atoms with E-state index < -0.39 is 0 Å². The van der Waals surface area contributed by atoms with Crippen LogP contribution in [0.15, 0.2) is 12.4 Å². The molecule has 0 spiro atoms. The van der Waals surface area contributed by atoms with Gasteiger partial charge in [0, 0.05) is 12.4 Å². The van der Waals surface area contributed by atoms with Gasteiger partial charge in [0.05, 0.1) is 6.61 Å². The molecule has 0 bridgehead atoms. The fraction of sp³-hybridized carbons (Fsp3) is 0.375. The smallest absolute Gasteiger partial charge is 0.0699 e. The van der Waals surface area contributed by atoms with Crippen LogP contribution in [0.3, 0.4) is 0 Å². The second-order valence-corrected chi connectivity index (χ2v) is 2.40. The van der Waals surface area contributed by atoms with Crippen molar-refractivity contribution in [3.63, 3.8) is 0 Å². The lowest BCUT2D eigenvalue weighted by Crippen LogP contribution is -1.92. The van der Waals surface area contributed by atoms with Crippen molar-refractivity contribution in [3.8, 4) is 0 Å². The van der Waals surface area contributed by atoms with Crippen molar-refractivity contribution in [2.24, 2.45) is 0 Å². The molecule has 0 fully saturated rings. The van der Waals surface area contributed by atoms with Gasteiger partial charge in [0.15, 0.2) is 0 Å². The molecule has 1 rings (SSSR count). The van der Waals surface area contributed by atoms with Gasteiger partial charge >= 0.3 is 0 Å². The van der Waals surface area contributed by atoms with E-state index >= 15 is 0 Å². The molecular formula is C8H11NO. The first kappa shape index (κ1) is 7.22. The molecular weight excluding hydrogens is 126 g/mol. The fourth-order valence-corrected chi connectivity index (χ4v) is 0.845. The maximum Gasteiger partial charge on any atom is 0.0699 e. The quantitative estimate of drug-likeness (QED) is 0.630. The van der Waals surface area contributed by atoms with E-state index in [4.69, 9.17) is 5.11 Å². The lowest BCUT2D eigenvalue weighted by Gasteiger charge is -2.02. The van der Waals surface area contributed by atoms with Crippen LogP contribution in [0.4, 0.5) is 0 Å². The monoisotopic (exact) mass is 137 g/mol. The Morgan fingerprint density at radius 2 is 2.10 bits per heavy atom. The first-order chi connectivity index (χ1) is 4.75. The number of aryl methyl sites for hydroxylation is 1. The summed E-state index contributed by atoms with van der Waals surface area (Å²) in [5.41, 5.74) is 3.18. The minimum Gasteiger partial charge on any atom is -0.392 e. The zero-order valence-electron chi connectivity index (χ0n) is 6.26. The van der Waals surface area contributed by atoms with Crippen LogP contribution >= 0.6 is 0 Å². The molecule has 1 N–H and O–H groups in total. The van der Waals surface area contributed by atoms with E-state index in [2.05, 4.69) is 4.98 Å². The van der Waals surface area contributed by atoms with Crippen molar-refractivity contribution in [3.05, 3.63) is 29.1 Å². The van der Waals surface area contributed by atoms with E-state index in [1.54, 1.807) is 12.4 Å². The Labute approximate surface area is 60.5 Å². The van der Waals surface area contributed by atoms with Gasteiger partial charge in [-0.3, -0.25) is 4.98 Å². The van der Waals surface area contributed by atoms with Crippen molar-refractivity contribution < 1.29 is 5.11 Å². The molecule has 2 heteroatoms. The second kappa shape index (κ2) is 2.80. The molecule has 0 saturated carbocycles. The summed E-state index contributed by atoms with van der Waals surface area (Å²) in [5.74, 6) is 0. The molecule has 1 aromatic rings. The number of hydrogen-bond acceptors (Lipinski definition) is 2. The SMILES string of the molecule is Cc1cncc(CO)c1C. The summed E-state index contributed by atoms with van der Waals surface area (Å²) < 4.78 is 0. The molecule has 1 aromatic heterocycles. The van der Waals surface area contributed by atoms with Gasteiger partial charge in [-0.25, -0.2) is 0 Å². The summed E-state index contributed by atoms with van der Waals surface area (Å²) in [6, 6.07) is 0. The van der Waals surface area contributed by atoms with Crippen LogP contribution < -0.4 is 0 Å². The number of hydrogen-bond donors (Lipinski definition) is 1. The van der Waals surface area contributed by atoms with E-state index in [0.29, 0.717) is 0 Å². The maximum absolute atomic E-state index is 8.80. The third kappa shape index (κ3) is 1.16. The Hall–Kier alpha value is -0.890. The number of aliphatic hydroxyl groups is 1. The van der Waals surface area contributed by atoms with Gasteiger partial charge in [0.2, 0.25) is 0 Å². The highest BCUT2D eigenvalue weighted by Crippen LogP contribution is 2.09.